The third-order valence-electron chi connectivity index (χ3n) is 4.84. The van der Waals surface area contributed by atoms with Crippen LogP contribution in [0.2, 0.25) is 0 Å². The number of ether oxygens (including phenoxy) is 1. The first-order valence-electron chi connectivity index (χ1n) is 10.1. The van der Waals surface area contributed by atoms with Gasteiger partial charge in [0.1, 0.15) is 5.60 Å². The van der Waals surface area contributed by atoms with E-state index in [2.05, 4.69) is 41.5 Å². The molecule has 1 unspecified atom stereocenters. The van der Waals surface area contributed by atoms with Gasteiger partial charge in [0.05, 0.1) is 11.6 Å². The van der Waals surface area contributed by atoms with E-state index < -0.39 is 5.60 Å². The molecule has 7 heteroatoms. The summed E-state index contributed by atoms with van der Waals surface area (Å²) in [6.07, 6.45) is 2.17. The Morgan fingerprint density at radius 1 is 1.28 bits per heavy atom. The van der Waals surface area contributed by atoms with E-state index in [1.54, 1.807) is 4.90 Å². The van der Waals surface area contributed by atoms with Crippen molar-refractivity contribution in [1.82, 2.24) is 9.88 Å². The second-order valence-corrected chi connectivity index (χ2v) is 9.20. The predicted octanol–water partition coefficient (Wildman–Crippen LogP) is 4.96. The Morgan fingerprint density at radius 2 is 2.00 bits per heavy atom. The van der Waals surface area contributed by atoms with Crippen LogP contribution in [0.4, 0.5) is 9.93 Å². The van der Waals surface area contributed by atoms with Crippen molar-refractivity contribution in [3.05, 3.63) is 35.2 Å². The molecule has 156 valence electrons. The monoisotopic (exact) mass is 415 g/mol. The van der Waals surface area contributed by atoms with Crippen LogP contribution in [0.5, 0.6) is 0 Å². The number of thiazole rings is 1. The molecule has 3 rings (SSSR count). The van der Waals surface area contributed by atoms with Gasteiger partial charge in [-0.1, -0.05) is 31.2 Å². The minimum Gasteiger partial charge on any atom is -0.444 e. The molecule has 1 aliphatic rings. The van der Waals surface area contributed by atoms with Crippen molar-refractivity contribution >= 4 is 28.5 Å². The van der Waals surface area contributed by atoms with Crippen molar-refractivity contribution in [3.8, 4) is 11.3 Å². The topological polar surface area (TPSA) is 71.5 Å². The molecule has 0 radical (unpaired) electrons. The average molecular weight is 416 g/mol. The summed E-state index contributed by atoms with van der Waals surface area (Å²) in [5.74, 6) is -0.354. The largest absolute Gasteiger partial charge is 0.444 e. The van der Waals surface area contributed by atoms with Gasteiger partial charge in [-0.15, -0.1) is 11.3 Å². The van der Waals surface area contributed by atoms with Crippen molar-refractivity contribution in [2.75, 3.05) is 18.4 Å². The maximum absolute atomic E-state index is 12.7. The molecule has 1 aromatic carbocycles. The number of rotatable bonds is 4. The predicted molar refractivity (Wildman–Crippen MR) is 116 cm³/mol. The zero-order chi connectivity index (χ0) is 21.0. The normalized spacial score (nSPS) is 17.1. The fourth-order valence-corrected chi connectivity index (χ4v) is 3.99. The Kier molecular flexibility index (Phi) is 6.57. The first kappa shape index (κ1) is 21.3. The van der Waals surface area contributed by atoms with Gasteiger partial charge < -0.3 is 15.0 Å². The molecule has 2 aromatic rings. The lowest BCUT2D eigenvalue weighted by molar-refractivity contribution is -0.121. The van der Waals surface area contributed by atoms with Crippen LogP contribution in [0.3, 0.4) is 0 Å². The van der Waals surface area contributed by atoms with Crippen molar-refractivity contribution in [2.24, 2.45) is 5.92 Å². The number of aromatic nitrogens is 1. The third-order valence-corrected chi connectivity index (χ3v) is 5.59. The van der Waals surface area contributed by atoms with E-state index in [-0.39, 0.29) is 17.9 Å². The van der Waals surface area contributed by atoms with E-state index in [1.165, 1.54) is 16.9 Å². The smallest absolute Gasteiger partial charge is 0.410 e. The summed E-state index contributed by atoms with van der Waals surface area (Å²) < 4.78 is 5.44. The molecule has 1 fully saturated rings. The molecule has 2 heterocycles. The van der Waals surface area contributed by atoms with Gasteiger partial charge in [-0.2, -0.15) is 0 Å². The van der Waals surface area contributed by atoms with Crippen LogP contribution in [0.25, 0.3) is 11.3 Å². The number of nitrogens with zero attached hydrogens (tertiary/aromatic N) is 2. The van der Waals surface area contributed by atoms with Gasteiger partial charge in [-0.3, -0.25) is 4.79 Å². The maximum atomic E-state index is 12.7. The average Bonchev–Trinajstić information content (AvgIpc) is 3.15. The highest BCUT2D eigenvalue weighted by Crippen LogP contribution is 2.27. The first-order chi connectivity index (χ1) is 13.7. The minimum atomic E-state index is -0.543. The van der Waals surface area contributed by atoms with Gasteiger partial charge in [0, 0.05) is 24.0 Å². The molecule has 0 bridgehead atoms. The number of carbonyl (C=O) groups excluding carboxylic acids is 2. The molecule has 1 aliphatic heterocycles. The van der Waals surface area contributed by atoms with Gasteiger partial charge in [-0.25, -0.2) is 9.78 Å². The lowest BCUT2D eigenvalue weighted by Crippen LogP contribution is -2.45. The van der Waals surface area contributed by atoms with Gasteiger partial charge in [0.25, 0.3) is 0 Å². The number of anilines is 1. The molecule has 0 saturated carbocycles. The molecule has 1 N–H and O–H groups in total. The highest BCUT2D eigenvalue weighted by molar-refractivity contribution is 7.14. The van der Waals surface area contributed by atoms with Crippen molar-refractivity contribution < 1.29 is 14.3 Å². The Labute approximate surface area is 176 Å². The Morgan fingerprint density at radius 3 is 2.66 bits per heavy atom. The number of hydrogen-bond donors (Lipinski definition) is 1. The minimum absolute atomic E-state index is 0.0968. The van der Waals surface area contributed by atoms with Gasteiger partial charge in [0.2, 0.25) is 5.91 Å². The van der Waals surface area contributed by atoms with E-state index in [4.69, 9.17) is 4.74 Å². The number of carbonyl (C=O) groups is 2. The van der Waals surface area contributed by atoms with E-state index in [1.807, 2.05) is 26.2 Å². The van der Waals surface area contributed by atoms with Crippen molar-refractivity contribution in [3.63, 3.8) is 0 Å². The van der Waals surface area contributed by atoms with Gasteiger partial charge >= 0.3 is 6.09 Å². The van der Waals surface area contributed by atoms with Crippen LogP contribution in [0.1, 0.15) is 46.1 Å². The van der Waals surface area contributed by atoms with Crippen LogP contribution in [0.15, 0.2) is 29.6 Å². The zero-order valence-corrected chi connectivity index (χ0v) is 18.3. The van der Waals surface area contributed by atoms with Gasteiger partial charge in [-0.05, 0) is 45.6 Å². The van der Waals surface area contributed by atoms with Crippen molar-refractivity contribution in [2.45, 2.75) is 52.6 Å². The number of aryl methyl sites for hydroxylation is 1. The molecular weight excluding hydrogens is 386 g/mol. The van der Waals surface area contributed by atoms with E-state index >= 15 is 0 Å². The third kappa shape index (κ3) is 5.79. The SMILES string of the molecule is CCc1ccc(-c2csc(NC(=O)C3CCCN(C(=O)OC(C)(C)C)C3)n2)cc1. The van der Waals surface area contributed by atoms with Crippen LogP contribution in [0, 0.1) is 5.92 Å². The molecule has 1 saturated heterocycles. The highest BCUT2D eigenvalue weighted by Gasteiger charge is 2.31. The summed E-state index contributed by atoms with van der Waals surface area (Å²) in [6, 6.07) is 8.30. The standard InChI is InChI=1S/C22H29N3O3S/c1-5-15-8-10-16(11-9-15)18-14-29-20(23-18)24-19(26)17-7-6-12-25(13-17)21(27)28-22(2,3)4/h8-11,14,17H,5-7,12-13H2,1-4H3,(H,23,24,26). The fourth-order valence-electron chi connectivity index (χ4n) is 3.27. The molecule has 6 nitrogen and oxygen atoms in total. The molecular formula is C22H29N3O3S. The second kappa shape index (κ2) is 8.95. The highest BCUT2D eigenvalue weighted by atomic mass is 32.1. The lowest BCUT2D eigenvalue weighted by Gasteiger charge is -2.33. The summed E-state index contributed by atoms with van der Waals surface area (Å²) in [4.78, 5) is 31.2. The molecule has 1 atom stereocenters. The Bertz CT molecular complexity index is 855. The number of nitrogens with one attached hydrogen (secondary N) is 1. The molecule has 0 aliphatic carbocycles. The second-order valence-electron chi connectivity index (χ2n) is 8.34. The number of likely N-dealkylation sites (tertiary alicyclic amines) is 1. The summed E-state index contributed by atoms with van der Waals surface area (Å²) in [6.45, 7) is 8.64. The van der Waals surface area contributed by atoms with Crippen molar-refractivity contribution in [1.29, 1.82) is 0 Å². The summed E-state index contributed by atoms with van der Waals surface area (Å²) >= 11 is 1.41. The summed E-state index contributed by atoms with van der Waals surface area (Å²) in [5.41, 5.74) is 2.63. The molecule has 29 heavy (non-hydrogen) atoms. The summed E-state index contributed by atoms with van der Waals surface area (Å²) in [7, 11) is 0. The van der Waals surface area contributed by atoms with Crippen LogP contribution < -0.4 is 5.32 Å². The number of piperidine rings is 1. The van der Waals surface area contributed by atoms with Crippen LogP contribution >= 0.6 is 11.3 Å². The van der Waals surface area contributed by atoms with E-state index in [9.17, 15) is 9.59 Å². The number of hydrogen-bond acceptors (Lipinski definition) is 5. The quantitative estimate of drug-likeness (QED) is 0.766. The van der Waals surface area contributed by atoms with E-state index in [0.29, 0.717) is 18.2 Å². The molecule has 2 amide bonds. The number of benzene rings is 1. The number of amides is 2. The first-order valence-corrected chi connectivity index (χ1v) is 11.0. The van der Waals surface area contributed by atoms with E-state index in [0.717, 1.165) is 30.5 Å². The molecule has 1 aromatic heterocycles. The van der Waals surface area contributed by atoms with Gasteiger partial charge in [0.15, 0.2) is 5.13 Å². The Balaban J connectivity index is 1.60. The lowest BCUT2D eigenvalue weighted by atomic mass is 9.97. The maximum Gasteiger partial charge on any atom is 0.410 e. The molecule has 0 spiro atoms. The zero-order valence-electron chi connectivity index (χ0n) is 17.5. The Hall–Kier alpha value is -2.41. The van der Waals surface area contributed by atoms with Crippen LogP contribution in [-0.2, 0) is 16.0 Å². The summed E-state index contributed by atoms with van der Waals surface area (Å²) in [5, 5.41) is 5.45. The fraction of sp³-hybridized carbons (Fsp3) is 0.500. The van der Waals surface area contributed by atoms with Crippen LogP contribution in [-0.4, -0.2) is 40.6 Å².